The molecule has 0 amide bonds. The van der Waals surface area contributed by atoms with Gasteiger partial charge in [-0.05, 0) is 32.1 Å². The standard InChI is InChI=1S/C26H46O8/c1-3-5-7-9-11-20-13-14-21(33-26(29)32-20)15-17-30-24(12-10-8-6-4-2)23(27)19-22-16-18-31-25(28)34-22/h20-24,27H,3-19H2,1-2H3. The van der Waals surface area contributed by atoms with Crippen LogP contribution in [-0.4, -0.2) is 61.2 Å². The fourth-order valence-corrected chi connectivity index (χ4v) is 4.59. The zero-order valence-corrected chi connectivity index (χ0v) is 21.2. The van der Waals surface area contributed by atoms with Crippen LogP contribution >= 0.6 is 0 Å². The van der Waals surface area contributed by atoms with Crippen molar-refractivity contribution in [2.45, 2.75) is 141 Å². The second-order valence-electron chi connectivity index (χ2n) is 9.63. The van der Waals surface area contributed by atoms with Crippen LogP contribution in [0.5, 0.6) is 0 Å². The minimum absolute atomic E-state index is 0.0643. The predicted octanol–water partition coefficient (Wildman–Crippen LogP) is 6.06. The topological polar surface area (TPSA) is 101 Å². The smallest absolute Gasteiger partial charge is 0.434 e. The summed E-state index contributed by atoms with van der Waals surface area (Å²) in [6.45, 7) is 5.05. The first-order valence-corrected chi connectivity index (χ1v) is 13.5. The summed E-state index contributed by atoms with van der Waals surface area (Å²) in [6.07, 6.45) is 10.7. The predicted molar refractivity (Wildman–Crippen MR) is 128 cm³/mol. The zero-order chi connectivity index (χ0) is 24.6. The number of aliphatic hydroxyl groups excluding tert-OH is 1. The summed E-state index contributed by atoms with van der Waals surface area (Å²) in [7, 11) is 0. The summed E-state index contributed by atoms with van der Waals surface area (Å²) < 4.78 is 27.0. The van der Waals surface area contributed by atoms with Gasteiger partial charge in [0.2, 0.25) is 0 Å². The van der Waals surface area contributed by atoms with Gasteiger partial charge in [-0.1, -0.05) is 58.8 Å². The van der Waals surface area contributed by atoms with Crippen molar-refractivity contribution in [3.63, 3.8) is 0 Å². The summed E-state index contributed by atoms with van der Waals surface area (Å²) >= 11 is 0. The molecule has 2 aliphatic rings. The second-order valence-corrected chi connectivity index (χ2v) is 9.63. The largest absolute Gasteiger partial charge is 0.508 e. The highest BCUT2D eigenvalue weighted by Gasteiger charge is 2.30. The Bertz CT molecular complexity index is 569. The van der Waals surface area contributed by atoms with Crippen LogP contribution in [0, 0.1) is 0 Å². The fourth-order valence-electron chi connectivity index (χ4n) is 4.59. The van der Waals surface area contributed by atoms with Crippen molar-refractivity contribution >= 4 is 12.3 Å². The van der Waals surface area contributed by atoms with Crippen LogP contribution < -0.4 is 0 Å². The van der Waals surface area contributed by atoms with E-state index < -0.39 is 18.4 Å². The lowest BCUT2D eigenvalue weighted by Gasteiger charge is -2.29. The molecule has 2 heterocycles. The Labute approximate surface area is 205 Å². The van der Waals surface area contributed by atoms with E-state index in [4.69, 9.17) is 23.7 Å². The first-order valence-electron chi connectivity index (χ1n) is 13.5. The van der Waals surface area contributed by atoms with Gasteiger partial charge < -0.3 is 28.8 Å². The SMILES string of the molecule is CCCCCCC1CCC(CCOC(CCCCCC)C(O)CC2CCOC(=O)O2)OC(=O)O1. The van der Waals surface area contributed by atoms with Gasteiger partial charge in [-0.15, -0.1) is 0 Å². The number of hydrogen-bond donors (Lipinski definition) is 1. The van der Waals surface area contributed by atoms with Gasteiger partial charge in [0.1, 0.15) is 18.3 Å². The number of hydrogen-bond acceptors (Lipinski definition) is 8. The van der Waals surface area contributed by atoms with Crippen LogP contribution in [0.15, 0.2) is 0 Å². The molecule has 8 heteroatoms. The average molecular weight is 487 g/mol. The molecule has 0 radical (unpaired) electrons. The molecule has 0 aromatic rings. The van der Waals surface area contributed by atoms with E-state index in [1.54, 1.807) is 0 Å². The van der Waals surface area contributed by atoms with Gasteiger partial charge in [0.15, 0.2) is 0 Å². The molecule has 0 bridgehead atoms. The molecule has 2 fully saturated rings. The van der Waals surface area contributed by atoms with Crippen molar-refractivity contribution in [2.24, 2.45) is 0 Å². The van der Waals surface area contributed by atoms with Crippen molar-refractivity contribution in [1.29, 1.82) is 0 Å². The van der Waals surface area contributed by atoms with Gasteiger partial charge in [-0.25, -0.2) is 9.59 Å². The molecule has 5 unspecified atom stereocenters. The van der Waals surface area contributed by atoms with Gasteiger partial charge in [0, 0.05) is 19.3 Å². The van der Waals surface area contributed by atoms with Gasteiger partial charge in [0.25, 0.3) is 0 Å². The first kappa shape index (κ1) is 28.7. The normalized spacial score (nSPS) is 24.9. The van der Waals surface area contributed by atoms with Crippen molar-refractivity contribution in [3.05, 3.63) is 0 Å². The van der Waals surface area contributed by atoms with E-state index in [0.717, 1.165) is 64.2 Å². The number of carbonyl (C=O) groups is 2. The molecule has 2 aliphatic heterocycles. The summed E-state index contributed by atoms with van der Waals surface area (Å²) in [6, 6.07) is 0. The molecular formula is C26H46O8. The third-order valence-corrected chi connectivity index (χ3v) is 6.69. The van der Waals surface area contributed by atoms with Crippen LogP contribution in [0.3, 0.4) is 0 Å². The van der Waals surface area contributed by atoms with Crippen molar-refractivity contribution in [1.82, 2.24) is 0 Å². The molecule has 8 nitrogen and oxygen atoms in total. The number of unbranched alkanes of at least 4 members (excludes halogenated alkanes) is 6. The van der Waals surface area contributed by atoms with Gasteiger partial charge in [-0.3, -0.25) is 0 Å². The number of cyclic esters (lactones) is 4. The van der Waals surface area contributed by atoms with E-state index >= 15 is 0 Å². The Balaban J connectivity index is 1.77. The van der Waals surface area contributed by atoms with Crippen LogP contribution in [0.25, 0.3) is 0 Å². The van der Waals surface area contributed by atoms with E-state index in [1.165, 1.54) is 12.8 Å². The van der Waals surface area contributed by atoms with Gasteiger partial charge in [0.05, 0.1) is 25.4 Å². The monoisotopic (exact) mass is 486 g/mol. The molecule has 5 atom stereocenters. The van der Waals surface area contributed by atoms with E-state index in [2.05, 4.69) is 13.8 Å². The quantitative estimate of drug-likeness (QED) is 0.195. The molecule has 0 aliphatic carbocycles. The average Bonchev–Trinajstić information content (AvgIpc) is 2.99. The van der Waals surface area contributed by atoms with Gasteiger partial charge >= 0.3 is 12.3 Å². The zero-order valence-electron chi connectivity index (χ0n) is 21.2. The maximum absolute atomic E-state index is 12.1. The van der Waals surface area contributed by atoms with Crippen LogP contribution in [0.1, 0.15) is 110 Å². The van der Waals surface area contributed by atoms with E-state index in [9.17, 15) is 14.7 Å². The van der Waals surface area contributed by atoms with Crippen molar-refractivity contribution < 1.29 is 38.4 Å². The fraction of sp³-hybridized carbons (Fsp3) is 0.923. The highest BCUT2D eigenvalue weighted by atomic mass is 16.7. The molecule has 198 valence electrons. The Hall–Kier alpha value is -1.54. The van der Waals surface area contributed by atoms with Crippen molar-refractivity contribution in [3.8, 4) is 0 Å². The number of aliphatic hydroxyl groups is 1. The van der Waals surface area contributed by atoms with E-state index in [1.807, 2.05) is 0 Å². The minimum atomic E-state index is -0.731. The first-order chi connectivity index (χ1) is 16.5. The van der Waals surface area contributed by atoms with Gasteiger partial charge in [-0.2, -0.15) is 0 Å². The number of carbonyl (C=O) groups excluding carboxylic acids is 2. The maximum Gasteiger partial charge on any atom is 0.508 e. The van der Waals surface area contributed by atoms with Crippen LogP contribution in [-0.2, 0) is 23.7 Å². The van der Waals surface area contributed by atoms with Crippen LogP contribution in [0.2, 0.25) is 0 Å². The molecule has 1 N–H and O–H groups in total. The van der Waals surface area contributed by atoms with Crippen molar-refractivity contribution in [2.75, 3.05) is 13.2 Å². The molecule has 34 heavy (non-hydrogen) atoms. The summed E-state index contributed by atoms with van der Waals surface area (Å²) in [5.41, 5.74) is 0. The lowest BCUT2D eigenvalue weighted by molar-refractivity contribution is -0.0845. The molecule has 0 aromatic heterocycles. The molecule has 0 spiro atoms. The lowest BCUT2D eigenvalue weighted by atomic mass is 9.99. The van der Waals surface area contributed by atoms with E-state index in [0.29, 0.717) is 32.5 Å². The molecule has 0 saturated carbocycles. The third-order valence-electron chi connectivity index (χ3n) is 6.69. The highest BCUT2D eigenvalue weighted by molar-refractivity contribution is 5.61. The Kier molecular flexibility index (Phi) is 14.3. The summed E-state index contributed by atoms with van der Waals surface area (Å²) in [4.78, 5) is 23.4. The number of ether oxygens (including phenoxy) is 5. The molecular weight excluding hydrogens is 440 g/mol. The van der Waals surface area contributed by atoms with Crippen LogP contribution in [0.4, 0.5) is 9.59 Å². The third kappa shape index (κ3) is 11.7. The summed E-state index contributed by atoms with van der Waals surface area (Å²) in [5.74, 6) is 0. The van der Waals surface area contributed by atoms with E-state index in [-0.39, 0.29) is 24.4 Å². The maximum atomic E-state index is 12.1. The Morgan fingerprint density at radius 3 is 2.15 bits per heavy atom. The molecule has 2 saturated heterocycles. The molecule has 2 rings (SSSR count). The Morgan fingerprint density at radius 2 is 1.47 bits per heavy atom. The highest BCUT2D eigenvalue weighted by Crippen LogP contribution is 2.23. The number of rotatable bonds is 17. The lowest BCUT2D eigenvalue weighted by Crippen LogP contribution is -2.37. The Morgan fingerprint density at radius 1 is 0.824 bits per heavy atom. The second kappa shape index (κ2) is 17.0. The molecule has 0 aromatic carbocycles. The minimum Gasteiger partial charge on any atom is -0.434 e. The summed E-state index contributed by atoms with van der Waals surface area (Å²) in [5, 5.41) is 10.8.